The molecular formula is C39H76N2O. The smallest absolute Gasteiger partial charge is 0.314 e. The lowest BCUT2D eigenvalue weighted by Crippen LogP contribution is -2.37. The van der Waals surface area contributed by atoms with E-state index in [1.54, 1.807) is 0 Å². The number of carbonyl (C=O) groups is 1. The van der Waals surface area contributed by atoms with Gasteiger partial charge in [-0.15, -0.1) is 13.2 Å². The lowest BCUT2D eigenvalue weighted by Gasteiger charge is -2.20. The van der Waals surface area contributed by atoms with Crippen molar-refractivity contribution in [2.24, 2.45) is 5.73 Å². The Bertz CT molecular complexity index is 529. The Morgan fingerprint density at radius 2 is 0.690 bits per heavy atom. The van der Waals surface area contributed by atoms with E-state index in [9.17, 15) is 4.79 Å². The predicted molar refractivity (Wildman–Crippen MR) is 191 cm³/mol. The first-order valence-electron chi connectivity index (χ1n) is 18.6. The molecule has 0 aliphatic carbocycles. The van der Waals surface area contributed by atoms with Crippen LogP contribution in [0.25, 0.3) is 0 Å². The van der Waals surface area contributed by atoms with Crippen LogP contribution in [0.2, 0.25) is 0 Å². The van der Waals surface area contributed by atoms with E-state index in [1.807, 2.05) is 4.90 Å². The molecule has 0 aromatic carbocycles. The van der Waals surface area contributed by atoms with Crippen molar-refractivity contribution in [1.82, 2.24) is 4.90 Å². The summed E-state index contributed by atoms with van der Waals surface area (Å²) in [4.78, 5) is 13.7. The number of amides is 2. The van der Waals surface area contributed by atoms with E-state index < -0.39 is 0 Å². The molecule has 0 aliphatic heterocycles. The van der Waals surface area contributed by atoms with E-state index in [-0.39, 0.29) is 6.03 Å². The fourth-order valence-corrected chi connectivity index (χ4v) is 5.43. The van der Waals surface area contributed by atoms with Crippen LogP contribution in [0.5, 0.6) is 0 Å². The number of nitrogens with zero attached hydrogens (tertiary/aromatic N) is 1. The van der Waals surface area contributed by atoms with E-state index in [4.69, 9.17) is 5.73 Å². The quantitative estimate of drug-likeness (QED) is 0.0616. The third kappa shape index (κ3) is 36.5. The molecule has 0 atom stereocenters. The minimum Gasteiger partial charge on any atom is -0.351 e. The van der Waals surface area contributed by atoms with Gasteiger partial charge >= 0.3 is 6.03 Å². The molecule has 0 unspecified atom stereocenters. The van der Waals surface area contributed by atoms with Gasteiger partial charge in [0.05, 0.1) is 0 Å². The van der Waals surface area contributed by atoms with Gasteiger partial charge in [-0.2, -0.15) is 0 Å². The number of nitrogens with two attached hydrogens (primary N) is 1. The van der Waals surface area contributed by atoms with Crippen LogP contribution in [0.1, 0.15) is 194 Å². The first-order chi connectivity index (χ1) is 20.7. The molecule has 0 aromatic rings. The van der Waals surface area contributed by atoms with Crippen molar-refractivity contribution in [2.45, 2.75) is 194 Å². The number of primary amides is 1. The van der Waals surface area contributed by atoms with Crippen molar-refractivity contribution < 1.29 is 4.79 Å². The Morgan fingerprint density at radius 1 is 0.452 bits per heavy atom. The molecule has 0 bridgehead atoms. The summed E-state index contributed by atoms with van der Waals surface area (Å²) in [5.41, 5.74) is 5.64. The van der Waals surface area contributed by atoms with Gasteiger partial charge in [-0.1, -0.05) is 154 Å². The van der Waals surface area contributed by atoms with Gasteiger partial charge in [-0.3, -0.25) is 0 Å². The summed E-state index contributed by atoms with van der Waals surface area (Å²) in [5, 5.41) is 0. The highest BCUT2D eigenvalue weighted by Gasteiger charge is 2.08. The van der Waals surface area contributed by atoms with Crippen molar-refractivity contribution in [2.75, 3.05) is 13.1 Å². The molecule has 0 fully saturated rings. The Labute approximate surface area is 265 Å². The van der Waals surface area contributed by atoms with Crippen LogP contribution in [0, 0.1) is 0 Å². The maximum Gasteiger partial charge on any atom is 0.314 e. The van der Waals surface area contributed by atoms with Crippen LogP contribution in [0.4, 0.5) is 4.79 Å². The Kier molecular flexibility index (Phi) is 40.1. The fraction of sp³-hybridized carbons (Fsp3) is 0.821. The first kappa shape index (κ1) is 42.6. The minimum absolute atomic E-state index is 0.236. The second-order valence-electron chi connectivity index (χ2n) is 12.2. The summed E-state index contributed by atoms with van der Waals surface area (Å²) < 4.78 is 0. The molecule has 248 valence electrons. The number of urea groups is 1. The molecule has 2 N–H and O–H groups in total. The first-order valence-corrected chi connectivity index (χ1v) is 18.6. The van der Waals surface area contributed by atoms with Crippen LogP contribution in [0.15, 0.2) is 37.5 Å². The topological polar surface area (TPSA) is 46.3 Å². The molecule has 0 aliphatic rings. The number of rotatable bonds is 32. The summed E-state index contributed by atoms with van der Waals surface area (Å²) in [6, 6.07) is -0.236. The maximum absolute atomic E-state index is 11.8. The SMILES string of the molecule is C=C.CCCCCCCC/C=C\CCCCCCCCN(CCCCCCCC/C=C\CCCCCCCC)C(N)=O. The van der Waals surface area contributed by atoms with E-state index in [0.29, 0.717) is 0 Å². The maximum atomic E-state index is 11.8. The van der Waals surface area contributed by atoms with Crippen LogP contribution < -0.4 is 5.73 Å². The lowest BCUT2D eigenvalue weighted by molar-refractivity contribution is 0.204. The molecule has 0 rings (SSSR count). The van der Waals surface area contributed by atoms with Crippen molar-refractivity contribution in [3.8, 4) is 0 Å². The average molecular weight is 589 g/mol. The molecule has 42 heavy (non-hydrogen) atoms. The molecule has 0 heterocycles. The molecule has 0 saturated heterocycles. The summed E-state index contributed by atoms with van der Waals surface area (Å²) >= 11 is 0. The molecule has 3 nitrogen and oxygen atoms in total. The average Bonchev–Trinajstić information content (AvgIpc) is 3.00. The Hall–Kier alpha value is -1.51. The molecular weight excluding hydrogens is 512 g/mol. The zero-order valence-corrected chi connectivity index (χ0v) is 28.9. The highest BCUT2D eigenvalue weighted by Crippen LogP contribution is 2.12. The third-order valence-electron chi connectivity index (χ3n) is 8.19. The van der Waals surface area contributed by atoms with Crippen molar-refractivity contribution in [3.05, 3.63) is 37.5 Å². The Morgan fingerprint density at radius 3 is 0.952 bits per heavy atom. The van der Waals surface area contributed by atoms with Crippen molar-refractivity contribution >= 4 is 6.03 Å². The predicted octanol–water partition coefficient (Wildman–Crippen LogP) is 13.2. The third-order valence-corrected chi connectivity index (χ3v) is 8.19. The molecule has 3 heteroatoms. The van der Waals surface area contributed by atoms with Crippen molar-refractivity contribution in [1.29, 1.82) is 0 Å². The number of allylic oxidation sites excluding steroid dienone is 4. The van der Waals surface area contributed by atoms with Gasteiger partial charge in [0.15, 0.2) is 0 Å². The van der Waals surface area contributed by atoms with Gasteiger partial charge in [0.25, 0.3) is 0 Å². The molecule has 2 amide bonds. The van der Waals surface area contributed by atoms with Gasteiger partial charge in [-0.05, 0) is 64.2 Å². The second-order valence-corrected chi connectivity index (χ2v) is 12.2. The van der Waals surface area contributed by atoms with Gasteiger partial charge in [-0.25, -0.2) is 4.79 Å². The lowest BCUT2D eigenvalue weighted by atomic mass is 10.1. The standard InChI is InChI=1S/C37H72N2O.C2H4/c1-3-5-7-9-11-13-15-17-19-21-23-25-27-29-31-33-35-39(37(38)40)36-34-32-30-28-26-24-22-20-18-16-14-12-10-8-6-4-2;1-2/h17-20H,3-16,21-36H2,1-2H3,(H2,38,40);1-2H2/b19-17-,20-18-;. The Balaban J connectivity index is 0. The normalized spacial score (nSPS) is 11.3. The second kappa shape index (κ2) is 39.5. The summed E-state index contributed by atoms with van der Waals surface area (Å²) in [6.45, 7) is 12.2. The number of carbonyl (C=O) groups excluding carboxylic acids is 1. The summed E-state index contributed by atoms with van der Waals surface area (Å²) in [5.74, 6) is 0. The molecule has 0 saturated carbocycles. The van der Waals surface area contributed by atoms with Crippen molar-refractivity contribution in [3.63, 3.8) is 0 Å². The zero-order valence-electron chi connectivity index (χ0n) is 28.9. The molecule has 0 radical (unpaired) electrons. The minimum atomic E-state index is -0.236. The molecule has 0 aromatic heterocycles. The highest BCUT2D eigenvalue weighted by molar-refractivity contribution is 5.71. The summed E-state index contributed by atoms with van der Waals surface area (Å²) in [7, 11) is 0. The molecule has 0 spiro atoms. The van der Waals surface area contributed by atoms with Gasteiger partial charge < -0.3 is 10.6 Å². The van der Waals surface area contributed by atoms with E-state index in [0.717, 1.165) is 25.9 Å². The van der Waals surface area contributed by atoms with E-state index >= 15 is 0 Å². The van der Waals surface area contributed by atoms with Gasteiger partial charge in [0, 0.05) is 13.1 Å². The zero-order chi connectivity index (χ0) is 31.2. The monoisotopic (exact) mass is 589 g/mol. The van der Waals surface area contributed by atoms with Crippen LogP contribution in [-0.4, -0.2) is 24.0 Å². The highest BCUT2D eigenvalue weighted by atomic mass is 16.2. The van der Waals surface area contributed by atoms with Gasteiger partial charge in [0.2, 0.25) is 0 Å². The fourth-order valence-electron chi connectivity index (χ4n) is 5.43. The van der Waals surface area contributed by atoms with Crippen LogP contribution in [0.3, 0.4) is 0 Å². The van der Waals surface area contributed by atoms with E-state index in [1.165, 1.54) is 167 Å². The largest absolute Gasteiger partial charge is 0.351 e. The van der Waals surface area contributed by atoms with E-state index in [2.05, 4.69) is 51.3 Å². The number of hydrogen-bond donors (Lipinski definition) is 1. The summed E-state index contributed by atoms with van der Waals surface area (Å²) in [6.07, 6.45) is 46.3. The van der Waals surface area contributed by atoms with Crippen LogP contribution >= 0.6 is 0 Å². The van der Waals surface area contributed by atoms with Crippen LogP contribution in [-0.2, 0) is 0 Å². The number of unbranched alkanes of at least 4 members (excludes halogenated alkanes) is 24. The van der Waals surface area contributed by atoms with Gasteiger partial charge in [0.1, 0.15) is 0 Å². The number of hydrogen-bond acceptors (Lipinski definition) is 1.